The molecule has 102 valence electrons. The topological polar surface area (TPSA) is 24.5 Å². The summed E-state index contributed by atoms with van der Waals surface area (Å²) in [7, 11) is 4.28. The summed E-state index contributed by atoms with van der Waals surface area (Å²) in [6.07, 6.45) is 4.56. The Balaban J connectivity index is 2.27. The number of rotatable bonds is 7. The van der Waals surface area contributed by atoms with Crippen molar-refractivity contribution in [2.45, 2.75) is 58.3 Å². The maximum atomic E-state index is 5.85. The third-order valence-corrected chi connectivity index (χ3v) is 3.30. The lowest BCUT2D eigenvalue weighted by Gasteiger charge is -2.25. The average molecular weight is 242 g/mol. The lowest BCUT2D eigenvalue weighted by molar-refractivity contribution is 0.0532. The highest BCUT2D eigenvalue weighted by molar-refractivity contribution is 4.77. The molecule has 0 aliphatic carbocycles. The summed E-state index contributed by atoms with van der Waals surface area (Å²) in [6.45, 7) is 8.87. The SMILES string of the molecule is CC(C)CC(CN(C)C)NCC1CCC(C)O1. The molecule has 0 amide bonds. The third kappa shape index (κ3) is 6.39. The summed E-state index contributed by atoms with van der Waals surface area (Å²) in [6, 6.07) is 0.588. The number of ether oxygens (including phenoxy) is 1. The molecule has 3 atom stereocenters. The van der Waals surface area contributed by atoms with E-state index in [9.17, 15) is 0 Å². The highest BCUT2D eigenvalue weighted by atomic mass is 16.5. The van der Waals surface area contributed by atoms with Crippen LogP contribution in [-0.2, 0) is 4.74 Å². The Morgan fingerprint density at radius 2 is 2.00 bits per heavy atom. The van der Waals surface area contributed by atoms with Gasteiger partial charge in [0.15, 0.2) is 0 Å². The van der Waals surface area contributed by atoms with Gasteiger partial charge < -0.3 is 15.0 Å². The maximum Gasteiger partial charge on any atom is 0.0704 e. The van der Waals surface area contributed by atoms with Crippen LogP contribution in [0.2, 0.25) is 0 Å². The fourth-order valence-corrected chi connectivity index (χ4v) is 2.57. The van der Waals surface area contributed by atoms with Crippen LogP contribution in [-0.4, -0.2) is 50.3 Å². The number of hydrogen-bond acceptors (Lipinski definition) is 3. The number of nitrogens with one attached hydrogen (secondary N) is 1. The van der Waals surface area contributed by atoms with Gasteiger partial charge in [-0.25, -0.2) is 0 Å². The van der Waals surface area contributed by atoms with Gasteiger partial charge in [-0.05, 0) is 46.2 Å². The molecule has 3 nitrogen and oxygen atoms in total. The minimum atomic E-state index is 0.432. The lowest BCUT2D eigenvalue weighted by atomic mass is 10.0. The predicted molar refractivity (Wildman–Crippen MR) is 73.4 cm³/mol. The van der Waals surface area contributed by atoms with Crippen molar-refractivity contribution in [1.82, 2.24) is 10.2 Å². The van der Waals surface area contributed by atoms with Crippen LogP contribution in [0.25, 0.3) is 0 Å². The van der Waals surface area contributed by atoms with Gasteiger partial charge in [0.25, 0.3) is 0 Å². The Labute approximate surface area is 107 Å². The van der Waals surface area contributed by atoms with Crippen molar-refractivity contribution in [1.29, 1.82) is 0 Å². The maximum absolute atomic E-state index is 5.85. The van der Waals surface area contributed by atoms with E-state index < -0.39 is 0 Å². The first-order valence-electron chi connectivity index (χ1n) is 7.01. The molecule has 1 fully saturated rings. The molecule has 17 heavy (non-hydrogen) atoms. The molecule has 1 rings (SSSR count). The Bertz CT molecular complexity index is 196. The molecule has 0 bridgehead atoms. The summed E-state index contributed by atoms with van der Waals surface area (Å²) in [4.78, 5) is 2.26. The lowest BCUT2D eigenvalue weighted by Crippen LogP contribution is -2.42. The normalized spacial score (nSPS) is 27.0. The van der Waals surface area contributed by atoms with E-state index in [1.165, 1.54) is 19.3 Å². The fourth-order valence-electron chi connectivity index (χ4n) is 2.57. The second kappa shape index (κ2) is 7.34. The number of likely N-dealkylation sites (N-methyl/N-ethyl adjacent to an activating group) is 1. The van der Waals surface area contributed by atoms with Crippen LogP contribution in [0.4, 0.5) is 0 Å². The van der Waals surface area contributed by atoms with Crippen molar-refractivity contribution in [3.63, 3.8) is 0 Å². The van der Waals surface area contributed by atoms with Gasteiger partial charge in [0.1, 0.15) is 0 Å². The van der Waals surface area contributed by atoms with Crippen LogP contribution in [0.3, 0.4) is 0 Å². The molecule has 0 aromatic rings. The number of nitrogens with zero attached hydrogens (tertiary/aromatic N) is 1. The van der Waals surface area contributed by atoms with E-state index in [0.29, 0.717) is 18.2 Å². The van der Waals surface area contributed by atoms with E-state index in [-0.39, 0.29) is 0 Å². The van der Waals surface area contributed by atoms with Crippen molar-refractivity contribution >= 4 is 0 Å². The van der Waals surface area contributed by atoms with Crippen molar-refractivity contribution in [2.75, 3.05) is 27.2 Å². The van der Waals surface area contributed by atoms with E-state index in [2.05, 4.69) is 45.1 Å². The van der Waals surface area contributed by atoms with E-state index in [0.717, 1.165) is 19.0 Å². The van der Waals surface area contributed by atoms with Gasteiger partial charge in [-0.1, -0.05) is 13.8 Å². The van der Waals surface area contributed by atoms with Crippen molar-refractivity contribution in [2.24, 2.45) is 5.92 Å². The van der Waals surface area contributed by atoms with Gasteiger partial charge in [-0.3, -0.25) is 0 Å². The van der Waals surface area contributed by atoms with Crippen molar-refractivity contribution in [3.8, 4) is 0 Å². The second-order valence-corrected chi connectivity index (χ2v) is 6.14. The first kappa shape index (κ1) is 14.9. The average Bonchev–Trinajstić information content (AvgIpc) is 2.59. The smallest absolute Gasteiger partial charge is 0.0704 e. The summed E-state index contributed by atoms with van der Waals surface area (Å²) in [5, 5.41) is 3.68. The molecule has 0 aromatic heterocycles. The van der Waals surface area contributed by atoms with Gasteiger partial charge in [0.2, 0.25) is 0 Å². The highest BCUT2D eigenvalue weighted by Crippen LogP contribution is 2.18. The fraction of sp³-hybridized carbons (Fsp3) is 1.00. The Morgan fingerprint density at radius 1 is 1.29 bits per heavy atom. The van der Waals surface area contributed by atoms with E-state index in [1.807, 2.05) is 0 Å². The summed E-state index contributed by atoms with van der Waals surface area (Å²) < 4.78 is 5.85. The van der Waals surface area contributed by atoms with Gasteiger partial charge in [-0.2, -0.15) is 0 Å². The summed E-state index contributed by atoms with van der Waals surface area (Å²) in [5.74, 6) is 0.746. The van der Waals surface area contributed by atoms with Crippen LogP contribution in [0.5, 0.6) is 0 Å². The zero-order valence-corrected chi connectivity index (χ0v) is 12.2. The van der Waals surface area contributed by atoms with Gasteiger partial charge in [0.05, 0.1) is 12.2 Å². The van der Waals surface area contributed by atoms with Gasteiger partial charge in [-0.15, -0.1) is 0 Å². The molecule has 1 heterocycles. The standard InChI is InChI=1S/C14H30N2O/c1-11(2)8-13(10-16(4)5)15-9-14-7-6-12(3)17-14/h11-15H,6-10H2,1-5H3. The first-order chi connectivity index (χ1) is 7.97. The third-order valence-electron chi connectivity index (χ3n) is 3.30. The van der Waals surface area contributed by atoms with Crippen molar-refractivity contribution in [3.05, 3.63) is 0 Å². The molecule has 0 saturated carbocycles. The Kier molecular flexibility index (Phi) is 6.45. The minimum absolute atomic E-state index is 0.432. The largest absolute Gasteiger partial charge is 0.374 e. The predicted octanol–water partition coefficient (Wildman–Crippen LogP) is 2.12. The van der Waals surface area contributed by atoms with Crippen LogP contribution >= 0.6 is 0 Å². The molecule has 1 aliphatic rings. The number of hydrogen-bond donors (Lipinski definition) is 1. The molecule has 0 radical (unpaired) electrons. The molecule has 0 aromatic carbocycles. The summed E-state index contributed by atoms with van der Waals surface area (Å²) >= 11 is 0. The zero-order chi connectivity index (χ0) is 12.8. The highest BCUT2D eigenvalue weighted by Gasteiger charge is 2.22. The van der Waals surface area contributed by atoms with Gasteiger partial charge >= 0.3 is 0 Å². The first-order valence-corrected chi connectivity index (χ1v) is 7.01. The van der Waals surface area contributed by atoms with Crippen molar-refractivity contribution < 1.29 is 4.74 Å². The van der Waals surface area contributed by atoms with E-state index in [1.54, 1.807) is 0 Å². The molecular weight excluding hydrogens is 212 g/mol. The summed E-state index contributed by atoms with van der Waals surface area (Å²) in [5.41, 5.74) is 0. The minimum Gasteiger partial charge on any atom is -0.374 e. The van der Waals surface area contributed by atoms with Crippen LogP contribution in [0, 0.1) is 5.92 Å². The molecule has 1 N–H and O–H groups in total. The van der Waals surface area contributed by atoms with Crippen LogP contribution < -0.4 is 5.32 Å². The second-order valence-electron chi connectivity index (χ2n) is 6.14. The van der Waals surface area contributed by atoms with Crippen LogP contribution in [0.1, 0.15) is 40.0 Å². The zero-order valence-electron chi connectivity index (χ0n) is 12.2. The van der Waals surface area contributed by atoms with Gasteiger partial charge in [0, 0.05) is 19.1 Å². The molecule has 3 unspecified atom stereocenters. The molecule has 3 heteroatoms. The molecule has 1 aliphatic heterocycles. The molecule has 1 saturated heterocycles. The van der Waals surface area contributed by atoms with E-state index in [4.69, 9.17) is 4.74 Å². The Morgan fingerprint density at radius 3 is 2.47 bits per heavy atom. The Hall–Kier alpha value is -0.120. The van der Waals surface area contributed by atoms with E-state index >= 15 is 0 Å². The molecule has 0 spiro atoms. The quantitative estimate of drug-likeness (QED) is 0.740. The molecular formula is C14H30N2O. The monoisotopic (exact) mass is 242 g/mol. The van der Waals surface area contributed by atoms with Crippen LogP contribution in [0.15, 0.2) is 0 Å².